The summed E-state index contributed by atoms with van der Waals surface area (Å²) in [6.45, 7) is 8.46. The number of benzene rings is 1. The molecule has 0 radical (unpaired) electrons. The van der Waals surface area contributed by atoms with Gasteiger partial charge in [0.05, 0.1) is 17.3 Å². The molecule has 0 unspecified atom stereocenters. The van der Waals surface area contributed by atoms with Gasteiger partial charge in [-0.05, 0) is 36.8 Å². The van der Waals surface area contributed by atoms with E-state index in [1.54, 1.807) is 0 Å². The minimum absolute atomic E-state index is 0.0252. The fraction of sp³-hybridized carbons (Fsp3) is 0.333. The van der Waals surface area contributed by atoms with Gasteiger partial charge in [0.2, 0.25) is 0 Å². The van der Waals surface area contributed by atoms with E-state index in [9.17, 15) is 0 Å². The van der Waals surface area contributed by atoms with Crippen LogP contribution in [0, 0.1) is 23.0 Å². The van der Waals surface area contributed by atoms with E-state index in [1.165, 1.54) is 0 Å². The number of aryl methyl sites for hydroxylation is 1. The van der Waals surface area contributed by atoms with Gasteiger partial charge in [-0.25, -0.2) is 0 Å². The van der Waals surface area contributed by atoms with Gasteiger partial charge < -0.3 is 4.98 Å². The molecule has 0 fully saturated rings. The molecule has 98 valence electrons. The number of imidazole rings is 1. The van der Waals surface area contributed by atoms with Crippen molar-refractivity contribution in [3.05, 3.63) is 46.0 Å². The van der Waals surface area contributed by atoms with Crippen molar-refractivity contribution in [1.29, 1.82) is 5.26 Å². The van der Waals surface area contributed by atoms with E-state index in [2.05, 4.69) is 31.8 Å². The SMILES string of the molecule is Cc1ccc(C#N)cc1-n1c(C(C)(C)C)c[nH]c1=S. The summed E-state index contributed by atoms with van der Waals surface area (Å²) in [6.07, 6.45) is 1.95. The molecule has 3 nitrogen and oxygen atoms in total. The third kappa shape index (κ3) is 2.47. The van der Waals surface area contributed by atoms with Gasteiger partial charge in [0.1, 0.15) is 0 Å². The van der Waals surface area contributed by atoms with Gasteiger partial charge in [0, 0.05) is 17.3 Å². The maximum atomic E-state index is 9.06. The third-order valence-electron chi connectivity index (χ3n) is 3.12. The summed E-state index contributed by atoms with van der Waals surface area (Å²) in [4.78, 5) is 3.10. The Bertz CT molecular complexity index is 708. The number of aromatic nitrogens is 2. The quantitative estimate of drug-likeness (QED) is 0.796. The molecule has 0 spiro atoms. The zero-order chi connectivity index (χ0) is 14.2. The van der Waals surface area contributed by atoms with E-state index in [0.29, 0.717) is 10.3 Å². The second kappa shape index (κ2) is 4.67. The summed E-state index contributed by atoms with van der Waals surface area (Å²) in [5.74, 6) is 0. The fourth-order valence-corrected chi connectivity index (χ4v) is 2.34. The Hall–Kier alpha value is -1.86. The maximum Gasteiger partial charge on any atom is 0.182 e. The van der Waals surface area contributed by atoms with Crippen molar-refractivity contribution >= 4 is 12.2 Å². The van der Waals surface area contributed by atoms with Crippen LogP contribution >= 0.6 is 12.2 Å². The smallest absolute Gasteiger partial charge is 0.182 e. The Balaban J connectivity index is 2.77. The van der Waals surface area contributed by atoms with Crippen molar-refractivity contribution in [2.24, 2.45) is 0 Å². The van der Waals surface area contributed by atoms with E-state index < -0.39 is 0 Å². The lowest BCUT2D eigenvalue weighted by Crippen LogP contribution is -2.17. The van der Waals surface area contributed by atoms with E-state index in [-0.39, 0.29) is 5.41 Å². The predicted octanol–water partition coefficient (Wildman–Crippen LogP) is 4.01. The van der Waals surface area contributed by atoms with E-state index >= 15 is 0 Å². The van der Waals surface area contributed by atoms with Crippen LogP contribution in [0.3, 0.4) is 0 Å². The summed E-state index contributed by atoms with van der Waals surface area (Å²) in [5, 5.41) is 9.06. The van der Waals surface area contributed by atoms with Crippen LogP contribution in [0.5, 0.6) is 0 Å². The molecule has 1 heterocycles. The zero-order valence-electron chi connectivity index (χ0n) is 11.6. The van der Waals surface area contributed by atoms with Gasteiger partial charge in [0.15, 0.2) is 4.77 Å². The monoisotopic (exact) mass is 271 g/mol. The van der Waals surface area contributed by atoms with Gasteiger partial charge in [-0.2, -0.15) is 5.26 Å². The molecule has 0 saturated heterocycles. The molecule has 1 N–H and O–H groups in total. The zero-order valence-corrected chi connectivity index (χ0v) is 12.4. The largest absolute Gasteiger partial charge is 0.337 e. The minimum Gasteiger partial charge on any atom is -0.337 e. The first-order valence-corrected chi connectivity index (χ1v) is 6.57. The Morgan fingerprint density at radius 2 is 2.00 bits per heavy atom. The fourth-order valence-electron chi connectivity index (χ4n) is 2.08. The van der Waals surface area contributed by atoms with E-state index in [4.69, 9.17) is 17.5 Å². The van der Waals surface area contributed by atoms with Gasteiger partial charge in [-0.3, -0.25) is 4.57 Å². The number of nitrogens with one attached hydrogen (secondary N) is 1. The topological polar surface area (TPSA) is 44.5 Å². The molecular formula is C15H17N3S. The van der Waals surface area contributed by atoms with Crippen LogP contribution in [0.15, 0.2) is 24.4 Å². The lowest BCUT2D eigenvalue weighted by atomic mass is 9.92. The normalized spacial score (nSPS) is 11.3. The highest BCUT2D eigenvalue weighted by atomic mass is 32.1. The molecule has 1 aromatic heterocycles. The Morgan fingerprint density at radius 1 is 1.32 bits per heavy atom. The molecule has 2 aromatic rings. The van der Waals surface area contributed by atoms with Gasteiger partial charge >= 0.3 is 0 Å². The van der Waals surface area contributed by atoms with Crippen molar-refractivity contribution in [3.8, 4) is 11.8 Å². The number of nitriles is 1. The molecular weight excluding hydrogens is 254 g/mol. The maximum absolute atomic E-state index is 9.06. The van der Waals surface area contributed by atoms with Gasteiger partial charge in [-0.15, -0.1) is 0 Å². The van der Waals surface area contributed by atoms with Crippen LogP contribution in [0.1, 0.15) is 37.6 Å². The molecule has 0 aliphatic carbocycles. The lowest BCUT2D eigenvalue weighted by Gasteiger charge is -2.21. The predicted molar refractivity (Wildman–Crippen MR) is 79.1 cm³/mol. The third-order valence-corrected chi connectivity index (χ3v) is 3.42. The van der Waals surface area contributed by atoms with Crippen molar-refractivity contribution in [1.82, 2.24) is 9.55 Å². The first kappa shape index (κ1) is 13.6. The van der Waals surface area contributed by atoms with Crippen molar-refractivity contribution in [3.63, 3.8) is 0 Å². The standard InChI is InChI=1S/C15H17N3S/c1-10-5-6-11(8-16)7-12(10)18-13(15(2,3)4)9-17-14(18)19/h5-7,9H,1-4H3,(H,17,19). The average molecular weight is 271 g/mol. The molecule has 19 heavy (non-hydrogen) atoms. The van der Waals surface area contributed by atoms with Crippen molar-refractivity contribution in [2.45, 2.75) is 33.1 Å². The lowest BCUT2D eigenvalue weighted by molar-refractivity contribution is 0.555. The Labute approximate surface area is 118 Å². The Kier molecular flexibility index (Phi) is 3.34. The highest BCUT2D eigenvalue weighted by Gasteiger charge is 2.21. The van der Waals surface area contributed by atoms with E-state index in [0.717, 1.165) is 16.9 Å². The van der Waals surface area contributed by atoms with Crippen LogP contribution in [0.25, 0.3) is 5.69 Å². The molecule has 4 heteroatoms. The van der Waals surface area contributed by atoms with Crippen LogP contribution in [-0.2, 0) is 5.41 Å². The summed E-state index contributed by atoms with van der Waals surface area (Å²) < 4.78 is 2.68. The van der Waals surface area contributed by atoms with Gasteiger partial charge in [-0.1, -0.05) is 26.8 Å². The second-order valence-electron chi connectivity index (χ2n) is 5.68. The molecule has 2 rings (SSSR count). The Morgan fingerprint density at radius 3 is 2.58 bits per heavy atom. The summed E-state index contributed by atoms with van der Waals surface area (Å²) in [5.41, 5.74) is 3.79. The number of rotatable bonds is 1. The highest BCUT2D eigenvalue weighted by molar-refractivity contribution is 7.71. The minimum atomic E-state index is -0.0252. The second-order valence-corrected chi connectivity index (χ2v) is 6.06. The first-order chi connectivity index (χ1) is 8.84. The number of hydrogen-bond acceptors (Lipinski definition) is 2. The van der Waals surface area contributed by atoms with Crippen LogP contribution in [0.2, 0.25) is 0 Å². The summed E-state index contributed by atoms with van der Waals surface area (Å²) in [7, 11) is 0. The van der Waals surface area contributed by atoms with Crippen LogP contribution in [-0.4, -0.2) is 9.55 Å². The molecule has 0 atom stereocenters. The number of aromatic amines is 1. The molecule has 0 bridgehead atoms. The summed E-state index contributed by atoms with van der Waals surface area (Å²) >= 11 is 5.39. The number of hydrogen-bond donors (Lipinski definition) is 1. The van der Waals surface area contributed by atoms with Crippen molar-refractivity contribution < 1.29 is 0 Å². The molecule has 0 amide bonds. The van der Waals surface area contributed by atoms with Crippen LogP contribution in [0.4, 0.5) is 0 Å². The number of nitrogens with zero attached hydrogens (tertiary/aromatic N) is 2. The van der Waals surface area contributed by atoms with E-state index in [1.807, 2.05) is 35.9 Å². The molecule has 0 saturated carbocycles. The first-order valence-electron chi connectivity index (χ1n) is 6.16. The molecule has 0 aliphatic heterocycles. The summed E-state index contributed by atoms with van der Waals surface area (Å²) in [6, 6.07) is 7.84. The number of H-pyrrole nitrogens is 1. The average Bonchev–Trinajstić information content (AvgIpc) is 2.71. The van der Waals surface area contributed by atoms with Gasteiger partial charge in [0.25, 0.3) is 0 Å². The van der Waals surface area contributed by atoms with Crippen LogP contribution < -0.4 is 0 Å². The molecule has 1 aromatic carbocycles. The highest BCUT2D eigenvalue weighted by Crippen LogP contribution is 2.27. The molecule has 0 aliphatic rings. The van der Waals surface area contributed by atoms with Crippen molar-refractivity contribution in [2.75, 3.05) is 0 Å².